The normalized spacial score (nSPS) is 15.5. The van der Waals surface area contributed by atoms with E-state index in [4.69, 9.17) is 0 Å². The van der Waals surface area contributed by atoms with Crippen molar-refractivity contribution < 1.29 is 20.4 Å². The molecule has 36 heavy (non-hydrogen) atoms. The first-order chi connectivity index (χ1) is 17.4. The molecule has 0 rings (SSSR count). The van der Waals surface area contributed by atoms with Crippen LogP contribution in [-0.4, -0.2) is 55.4 Å². The third-order valence-corrected chi connectivity index (χ3v) is 7.25. The lowest BCUT2D eigenvalue weighted by Gasteiger charge is -2.45. The molecule has 0 radical (unpaired) electrons. The van der Waals surface area contributed by atoms with E-state index >= 15 is 0 Å². The first-order valence-electron chi connectivity index (χ1n) is 15.7. The van der Waals surface area contributed by atoms with E-state index in [1.54, 1.807) is 0 Å². The maximum absolute atomic E-state index is 11.3. The summed E-state index contributed by atoms with van der Waals surface area (Å²) < 4.78 is 0. The van der Waals surface area contributed by atoms with Crippen LogP contribution in [0.25, 0.3) is 0 Å². The van der Waals surface area contributed by atoms with Gasteiger partial charge in [-0.25, -0.2) is 0 Å². The molecule has 4 N–H and O–H groups in total. The quantitative estimate of drug-likeness (QED) is 0.0515. The molecule has 0 aromatic carbocycles. The van der Waals surface area contributed by atoms with Crippen LogP contribution in [0.5, 0.6) is 0 Å². The Kier molecular flexibility index (Phi) is 24.9. The van der Waals surface area contributed by atoms with Crippen molar-refractivity contribution in [2.24, 2.45) is 0 Å². The second kappa shape index (κ2) is 25.1. The number of hydrazine groups is 1. The van der Waals surface area contributed by atoms with Crippen molar-refractivity contribution in [3.63, 3.8) is 0 Å². The number of unbranched alkanes of at least 4 members (excludes halogenated alkanes) is 14. The fraction of sp³-hybridized carbons (Fsp3) is 1.00. The number of hydrogen-bond donors (Lipinski definition) is 4. The molecule has 0 saturated heterocycles. The maximum atomic E-state index is 11.3. The van der Waals surface area contributed by atoms with Gasteiger partial charge in [-0.2, -0.15) is 10.0 Å². The van der Waals surface area contributed by atoms with Crippen molar-refractivity contribution in [1.82, 2.24) is 10.0 Å². The fourth-order valence-corrected chi connectivity index (χ4v) is 4.91. The van der Waals surface area contributed by atoms with E-state index in [9.17, 15) is 20.4 Å². The summed E-state index contributed by atoms with van der Waals surface area (Å²) in [5, 5.41) is 48.1. The van der Waals surface area contributed by atoms with Crippen molar-refractivity contribution in [3.8, 4) is 0 Å². The summed E-state index contributed by atoms with van der Waals surface area (Å²) in [6.45, 7) is 8.71. The summed E-state index contributed by atoms with van der Waals surface area (Å²) in [4.78, 5) is 0. The second-order valence-electron chi connectivity index (χ2n) is 10.8. The molecule has 0 bridgehead atoms. The van der Waals surface area contributed by atoms with Crippen LogP contribution in [0.3, 0.4) is 0 Å². The lowest BCUT2D eigenvalue weighted by atomic mass is 10.1. The highest BCUT2D eigenvalue weighted by Crippen LogP contribution is 2.25. The predicted molar refractivity (Wildman–Crippen MR) is 152 cm³/mol. The van der Waals surface area contributed by atoms with Crippen molar-refractivity contribution in [3.05, 3.63) is 0 Å². The fourth-order valence-electron chi connectivity index (χ4n) is 4.91. The number of nitrogens with zero attached hydrogens (tertiary/aromatic N) is 2. The number of hydrogen-bond acceptors (Lipinski definition) is 6. The van der Waals surface area contributed by atoms with E-state index in [1.807, 2.05) is 0 Å². The van der Waals surface area contributed by atoms with Gasteiger partial charge in [0.05, 0.1) is 0 Å². The number of aliphatic hydroxyl groups is 4. The zero-order valence-corrected chi connectivity index (χ0v) is 24.5. The minimum absolute atomic E-state index is 0.523. The molecule has 4 unspecified atom stereocenters. The van der Waals surface area contributed by atoms with Gasteiger partial charge in [-0.05, 0) is 51.4 Å². The van der Waals surface area contributed by atoms with E-state index in [2.05, 4.69) is 27.7 Å². The molecule has 0 fully saturated rings. The molecule has 0 spiro atoms. The van der Waals surface area contributed by atoms with Crippen LogP contribution in [0.15, 0.2) is 0 Å². The summed E-state index contributed by atoms with van der Waals surface area (Å²) in [5.74, 6) is 0. The number of rotatable bonds is 27. The van der Waals surface area contributed by atoms with Crippen molar-refractivity contribution in [2.45, 2.75) is 194 Å². The topological polar surface area (TPSA) is 87.4 Å². The Balaban J connectivity index is 5.50. The lowest BCUT2D eigenvalue weighted by molar-refractivity contribution is -0.309. The Bertz CT molecular complexity index is 417. The summed E-state index contributed by atoms with van der Waals surface area (Å²) in [7, 11) is 0. The molecule has 218 valence electrons. The maximum Gasteiger partial charge on any atom is 0.123 e. The van der Waals surface area contributed by atoms with Crippen LogP contribution < -0.4 is 0 Å². The third kappa shape index (κ3) is 17.3. The molecule has 6 nitrogen and oxygen atoms in total. The van der Waals surface area contributed by atoms with E-state index in [0.717, 1.165) is 89.9 Å². The Hall–Kier alpha value is -0.240. The van der Waals surface area contributed by atoms with Gasteiger partial charge in [-0.3, -0.25) is 0 Å². The smallest absolute Gasteiger partial charge is 0.123 e. The van der Waals surface area contributed by atoms with Gasteiger partial charge in [0, 0.05) is 0 Å². The van der Waals surface area contributed by atoms with Crippen LogP contribution in [-0.2, 0) is 0 Å². The van der Waals surface area contributed by atoms with Gasteiger partial charge < -0.3 is 20.4 Å². The highest BCUT2D eigenvalue weighted by Gasteiger charge is 2.36. The van der Waals surface area contributed by atoms with E-state index in [-0.39, 0.29) is 0 Å². The molecule has 0 aliphatic heterocycles. The zero-order chi connectivity index (χ0) is 27.0. The highest BCUT2D eigenvalue weighted by molar-refractivity contribution is 4.72. The SMILES string of the molecule is CCCCCCCC(O)N(C(O)CCCCCCC)N(C(O)CCCCCC)C(O)CCCCCC. The molecule has 0 heterocycles. The van der Waals surface area contributed by atoms with Crippen molar-refractivity contribution in [1.29, 1.82) is 0 Å². The molecule has 0 saturated carbocycles. The minimum Gasteiger partial charge on any atom is -0.377 e. The second-order valence-corrected chi connectivity index (χ2v) is 10.8. The average molecular weight is 517 g/mol. The molecule has 0 aliphatic rings. The van der Waals surface area contributed by atoms with E-state index in [1.165, 1.54) is 35.7 Å². The van der Waals surface area contributed by atoms with Crippen LogP contribution in [0.1, 0.15) is 169 Å². The third-order valence-electron chi connectivity index (χ3n) is 7.25. The summed E-state index contributed by atoms with van der Waals surface area (Å²) in [6, 6.07) is 0. The first kappa shape index (κ1) is 35.8. The Morgan fingerprint density at radius 2 is 0.528 bits per heavy atom. The first-order valence-corrected chi connectivity index (χ1v) is 15.7. The van der Waals surface area contributed by atoms with Gasteiger partial charge >= 0.3 is 0 Å². The van der Waals surface area contributed by atoms with Crippen LogP contribution in [0.2, 0.25) is 0 Å². The van der Waals surface area contributed by atoms with Crippen LogP contribution >= 0.6 is 0 Å². The Morgan fingerprint density at radius 1 is 0.333 bits per heavy atom. The van der Waals surface area contributed by atoms with Crippen LogP contribution in [0.4, 0.5) is 0 Å². The van der Waals surface area contributed by atoms with Gasteiger partial charge in [-0.1, -0.05) is 118 Å². The zero-order valence-electron chi connectivity index (χ0n) is 24.5. The molecule has 0 aromatic heterocycles. The van der Waals surface area contributed by atoms with Gasteiger partial charge in [-0.15, -0.1) is 0 Å². The summed E-state index contributed by atoms with van der Waals surface area (Å²) >= 11 is 0. The van der Waals surface area contributed by atoms with Gasteiger partial charge in [0.1, 0.15) is 24.9 Å². The van der Waals surface area contributed by atoms with Crippen LogP contribution in [0, 0.1) is 0 Å². The predicted octanol–water partition coefficient (Wildman–Crippen LogP) is 7.44. The molecule has 0 amide bonds. The van der Waals surface area contributed by atoms with Crippen molar-refractivity contribution >= 4 is 0 Å². The molecule has 0 aliphatic carbocycles. The van der Waals surface area contributed by atoms with E-state index in [0.29, 0.717) is 25.7 Å². The minimum atomic E-state index is -0.924. The Morgan fingerprint density at radius 3 is 0.750 bits per heavy atom. The van der Waals surface area contributed by atoms with Gasteiger partial charge in [0.25, 0.3) is 0 Å². The monoisotopic (exact) mass is 516 g/mol. The highest BCUT2D eigenvalue weighted by atomic mass is 16.4. The molecule has 6 heteroatoms. The largest absolute Gasteiger partial charge is 0.377 e. The van der Waals surface area contributed by atoms with Gasteiger partial charge in [0.15, 0.2) is 0 Å². The average Bonchev–Trinajstić information content (AvgIpc) is 2.86. The lowest BCUT2D eigenvalue weighted by Crippen LogP contribution is -2.61. The number of aliphatic hydroxyl groups excluding tert-OH is 4. The molecular formula is C30H64N2O4. The van der Waals surface area contributed by atoms with Gasteiger partial charge in [0.2, 0.25) is 0 Å². The standard InChI is InChI=1S/C30H64N2O4/c1-5-9-13-17-21-25-29(35)32(30(36)26-22-18-14-10-6-2)31(27(33)23-19-15-11-7-3)28(34)24-20-16-12-8-4/h27-30,33-36H,5-26H2,1-4H3. The Labute approximate surface area is 224 Å². The van der Waals surface area contributed by atoms with Crippen molar-refractivity contribution in [2.75, 3.05) is 0 Å². The summed E-state index contributed by atoms with van der Waals surface area (Å²) in [5.41, 5.74) is 0. The van der Waals surface area contributed by atoms with E-state index < -0.39 is 24.9 Å². The summed E-state index contributed by atoms with van der Waals surface area (Å²) in [6.07, 6.45) is 17.6. The molecule has 4 atom stereocenters. The molecular weight excluding hydrogens is 452 g/mol. The molecule has 0 aromatic rings.